The second-order valence-electron chi connectivity index (χ2n) is 5.47. The number of benzene rings is 1. The molecule has 6 heteroatoms. The summed E-state index contributed by atoms with van der Waals surface area (Å²) in [5, 5.41) is 0. The molecule has 0 aliphatic heterocycles. The highest BCUT2D eigenvalue weighted by Gasteiger charge is 2.32. The summed E-state index contributed by atoms with van der Waals surface area (Å²) in [6, 6.07) is 4.83. The van der Waals surface area contributed by atoms with Crippen molar-refractivity contribution in [2.24, 2.45) is 0 Å². The van der Waals surface area contributed by atoms with Gasteiger partial charge in [0, 0.05) is 18.2 Å². The van der Waals surface area contributed by atoms with E-state index in [0.717, 1.165) is 6.42 Å². The van der Waals surface area contributed by atoms with Crippen molar-refractivity contribution in [3.05, 3.63) is 23.8 Å². The van der Waals surface area contributed by atoms with E-state index in [1.54, 1.807) is 25.2 Å². The maximum absolute atomic E-state index is 12.7. The molecule has 0 aliphatic rings. The lowest BCUT2D eigenvalue weighted by molar-refractivity contribution is 0.257. The molecule has 0 heterocycles. The molecular formula is C15H24ClNO3S. The van der Waals surface area contributed by atoms with E-state index in [1.807, 2.05) is 27.7 Å². The zero-order valence-electron chi connectivity index (χ0n) is 13.3. The van der Waals surface area contributed by atoms with E-state index in [2.05, 4.69) is 0 Å². The van der Waals surface area contributed by atoms with Crippen LogP contribution in [0.25, 0.3) is 0 Å². The van der Waals surface area contributed by atoms with Gasteiger partial charge in [0.25, 0.3) is 0 Å². The van der Waals surface area contributed by atoms with Gasteiger partial charge in [0.1, 0.15) is 5.75 Å². The Morgan fingerprint density at radius 2 is 1.90 bits per heavy atom. The maximum atomic E-state index is 12.7. The molecule has 4 nitrogen and oxygen atoms in total. The fourth-order valence-corrected chi connectivity index (χ4v) is 3.66. The molecule has 0 spiro atoms. The van der Waals surface area contributed by atoms with Gasteiger partial charge in [-0.3, -0.25) is 0 Å². The quantitative estimate of drug-likeness (QED) is 0.716. The van der Waals surface area contributed by atoms with Crippen LogP contribution in [0, 0.1) is 0 Å². The second kappa shape index (κ2) is 6.99. The number of hydrogen-bond donors (Lipinski definition) is 0. The van der Waals surface area contributed by atoms with Gasteiger partial charge in [0.05, 0.1) is 17.4 Å². The topological polar surface area (TPSA) is 46.6 Å². The SMILES string of the molecule is CCOc1ccc(S(=O)(=O)N(C)C(C)(C)CC)cc1CCl. The van der Waals surface area contributed by atoms with Gasteiger partial charge in [0.2, 0.25) is 10.0 Å². The molecule has 0 fully saturated rings. The fourth-order valence-electron chi connectivity index (χ4n) is 1.82. The van der Waals surface area contributed by atoms with Crippen molar-refractivity contribution in [3.63, 3.8) is 0 Å². The molecule has 1 rings (SSSR count). The molecule has 0 amide bonds. The minimum atomic E-state index is -3.55. The molecule has 120 valence electrons. The Hall–Kier alpha value is -0.780. The number of ether oxygens (including phenoxy) is 1. The van der Waals surface area contributed by atoms with Crippen LogP contribution in [-0.4, -0.2) is 31.9 Å². The number of sulfonamides is 1. The molecule has 0 saturated carbocycles. The van der Waals surface area contributed by atoms with Gasteiger partial charge in [0.15, 0.2) is 0 Å². The first-order chi connectivity index (χ1) is 9.70. The summed E-state index contributed by atoms with van der Waals surface area (Å²) in [5.41, 5.74) is 0.237. The minimum Gasteiger partial charge on any atom is -0.494 e. The molecule has 21 heavy (non-hydrogen) atoms. The number of rotatable bonds is 7. The lowest BCUT2D eigenvalue weighted by Gasteiger charge is -2.33. The Morgan fingerprint density at radius 3 is 2.38 bits per heavy atom. The Bertz CT molecular complexity index is 585. The van der Waals surface area contributed by atoms with Gasteiger partial charge in [-0.2, -0.15) is 4.31 Å². The second-order valence-corrected chi connectivity index (χ2v) is 7.71. The smallest absolute Gasteiger partial charge is 0.243 e. The van der Waals surface area contributed by atoms with E-state index >= 15 is 0 Å². The largest absolute Gasteiger partial charge is 0.494 e. The lowest BCUT2D eigenvalue weighted by Crippen LogP contribution is -2.44. The highest BCUT2D eigenvalue weighted by atomic mass is 35.5. The van der Waals surface area contributed by atoms with Gasteiger partial charge in [-0.25, -0.2) is 8.42 Å². The zero-order valence-corrected chi connectivity index (χ0v) is 14.9. The summed E-state index contributed by atoms with van der Waals surface area (Å²) >= 11 is 5.90. The normalized spacial score (nSPS) is 12.7. The van der Waals surface area contributed by atoms with Crippen molar-refractivity contribution in [2.75, 3.05) is 13.7 Å². The van der Waals surface area contributed by atoms with Crippen LogP contribution in [0.4, 0.5) is 0 Å². The first kappa shape index (κ1) is 18.3. The van der Waals surface area contributed by atoms with Gasteiger partial charge in [-0.15, -0.1) is 11.6 Å². The summed E-state index contributed by atoms with van der Waals surface area (Å²) in [4.78, 5) is 0.241. The summed E-state index contributed by atoms with van der Waals surface area (Å²) in [7, 11) is -1.95. The monoisotopic (exact) mass is 333 g/mol. The van der Waals surface area contributed by atoms with E-state index in [4.69, 9.17) is 16.3 Å². The highest BCUT2D eigenvalue weighted by molar-refractivity contribution is 7.89. The molecule has 0 bridgehead atoms. The van der Waals surface area contributed by atoms with Crippen molar-refractivity contribution in [3.8, 4) is 5.75 Å². The van der Waals surface area contributed by atoms with E-state index < -0.39 is 15.6 Å². The van der Waals surface area contributed by atoms with Crippen LogP contribution in [-0.2, 0) is 15.9 Å². The van der Waals surface area contributed by atoms with Crippen molar-refractivity contribution in [1.82, 2.24) is 4.31 Å². The van der Waals surface area contributed by atoms with Crippen molar-refractivity contribution >= 4 is 21.6 Å². The predicted molar refractivity (Wildman–Crippen MR) is 86.5 cm³/mol. The number of nitrogens with zero attached hydrogens (tertiary/aromatic N) is 1. The molecule has 0 aromatic heterocycles. The van der Waals surface area contributed by atoms with Crippen molar-refractivity contribution in [2.45, 2.75) is 50.4 Å². The average molecular weight is 334 g/mol. The van der Waals surface area contributed by atoms with Crippen LogP contribution >= 0.6 is 11.6 Å². The molecule has 1 aromatic rings. The Labute approximate surface area is 133 Å². The number of hydrogen-bond acceptors (Lipinski definition) is 3. The highest BCUT2D eigenvalue weighted by Crippen LogP contribution is 2.29. The standard InChI is InChI=1S/C15H24ClNO3S/c1-6-15(3,4)17(5)21(18,19)13-8-9-14(20-7-2)12(10-13)11-16/h8-10H,6-7,11H2,1-5H3. The van der Waals surface area contributed by atoms with E-state index in [0.29, 0.717) is 17.9 Å². The summed E-state index contributed by atoms with van der Waals surface area (Å²) in [6.45, 7) is 8.16. The molecule has 0 saturated heterocycles. The Balaban J connectivity index is 3.27. The Kier molecular flexibility index (Phi) is 6.08. The first-order valence-corrected chi connectivity index (χ1v) is 8.98. The summed E-state index contributed by atoms with van der Waals surface area (Å²) in [6.07, 6.45) is 0.724. The molecule has 0 aliphatic carbocycles. The van der Waals surface area contributed by atoms with Crippen LogP contribution in [0.3, 0.4) is 0 Å². The molecular weight excluding hydrogens is 310 g/mol. The minimum absolute atomic E-state index is 0.208. The van der Waals surface area contributed by atoms with E-state index in [-0.39, 0.29) is 10.8 Å². The van der Waals surface area contributed by atoms with Gasteiger partial charge < -0.3 is 4.74 Å². The fraction of sp³-hybridized carbons (Fsp3) is 0.600. The van der Waals surface area contributed by atoms with Crippen molar-refractivity contribution < 1.29 is 13.2 Å². The maximum Gasteiger partial charge on any atom is 0.243 e. The van der Waals surface area contributed by atoms with Crippen LogP contribution < -0.4 is 4.74 Å². The first-order valence-electron chi connectivity index (χ1n) is 7.01. The van der Waals surface area contributed by atoms with Crippen LogP contribution in [0.5, 0.6) is 5.75 Å². The van der Waals surface area contributed by atoms with E-state index in [9.17, 15) is 8.42 Å². The Morgan fingerprint density at radius 1 is 1.29 bits per heavy atom. The van der Waals surface area contributed by atoms with Crippen LogP contribution in [0.2, 0.25) is 0 Å². The molecule has 0 N–H and O–H groups in total. The summed E-state index contributed by atoms with van der Waals surface area (Å²) < 4.78 is 32.3. The average Bonchev–Trinajstić information content (AvgIpc) is 2.46. The van der Waals surface area contributed by atoms with Crippen LogP contribution in [0.15, 0.2) is 23.1 Å². The van der Waals surface area contributed by atoms with E-state index in [1.165, 1.54) is 4.31 Å². The van der Waals surface area contributed by atoms with Crippen molar-refractivity contribution in [1.29, 1.82) is 0 Å². The third-order valence-electron chi connectivity index (χ3n) is 3.85. The molecule has 0 atom stereocenters. The van der Waals surface area contributed by atoms with Gasteiger partial charge >= 0.3 is 0 Å². The lowest BCUT2D eigenvalue weighted by atomic mass is 10.0. The number of alkyl halides is 1. The zero-order chi connectivity index (χ0) is 16.3. The molecule has 0 radical (unpaired) electrons. The molecule has 0 unspecified atom stereocenters. The third-order valence-corrected chi connectivity index (χ3v) is 6.20. The van der Waals surface area contributed by atoms with Gasteiger partial charge in [-0.1, -0.05) is 6.92 Å². The third kappa shape index (κ3) is 3.90. The predicted octanol–water partition coefficient (Wildman–Crippen LogP) is 3.63. The van der Waals surface area contributed by atoms with Crippen LogP contribution in [0.1, 0.15) is 39.7 Å². The molecule has 1 aromatic carbocycles. The van der Waals surface area contributed by atoms with Gasteiger partial charge in [-0.05, 0) is 45.4 Å². The summed E-state index contributed by atoms with van der Waals surface area (Å²) in [5.74, 6) is 0.836. The number of halogens is 1.